The highest BCUT2D eigenvalue weighted by molar-refractivity contribution is 5.70. The van der Waals surface area contributed by atoms with Crippen molar-refractivity contribution in [2.75, 3.05) is 30.9 Å². The molecule has 0 bridgehead atoms. The molecule has 0 amide bonds. The van der Waals surface area contributed by atoms with Crippen LogP contribution in [0.15, 0.2) is 54.6 Å². The first kappa shape index (κ1) is 20.8. The van der Waals surface area contributed by atoms with E-state index in [1.165, 1.54) is 11.1 Å². The van der Waals surface area contributed by atoms with E-state index in [2.05, 4.69) is 61.7 Å². The maximum atomic E-state index is 5.13. The van der Waals surface area contributed by atoms with Crippen LogP contribution in [0.4, 0.5) is 17.5 Å². The summed E-state index contributed by atoms with van der Waals surface area (Å²) in [6.07, 6.45) is 0.896. The van der Waals surface area contributed by atoms with Gasteiger partial charge in [0.05, 0.1) is 5.69 Å². The summed E-state index contributed by atoms with van der Waals surface area (Å²) in [7, 11) is 1.71. The number of nitrogens with zero attached hydrogens (tertiary/aromatic N) is 2. The molecule has 0 spiro atoms. The molecule has 0 saturated carbocycles. The van der Waals surface area contributed by atoms with Crippen molar-refractivity contribution in [3.63, 3.8) is 0 Å². The number of hydrogen-bond acceptors (Lipinski definition) is 5. The summed E-state index contributed by atoms with van der Waals surface area (Å²) in [6.45, 7) is 8.00. The van der Waals surface area contributed by atoms with E-state index < -0.39 is 0 Å². The summed E-state index contributed by atoms with van der Waals surface area (Å²) in [6, 6.07) is 18.6. The summed E-state index contributed by atoms with van der Waals surface area (Å²) in [5.74, 6) is 1.81. The van der Waals surface area contributed by atoms with Crippen LogP contribution < -0.4 is 10.6 Å². The van der Waals surface area contributed by atoms with Gasteiger partial charge in [-0.3, -0.25) is 0 Å². The fourth-order valence-electron chi connectivity index (χ4n) is 3.23. The summed E-state index contributed by atoms with van der Waals surface area (Å²) >= 11 is 0. The number of aryl methyl sites for hydroxylation is 1. The van der Waals surface area contributed by atoms with Gasteiger partial charge in [-0.25, -0.2) is 4.98 Å². The van der Waals surface area contributed by atoms with Crippen molar-refractivity contribution in [2.45, 2.75) is 33.1 Å². The van der Waals surface area contributed by atoms with Crippen LogP contribution in [0.3, 0.4) is 0 Å². The monoisotopic (exact) mass is 390 g/mol. The molecule has 29 heavy (non-hydrogen) atoms. The number of rotatable bonds is 9. The van der Waals surface area contributed by atoms with Gasteiger partial charge in [0, 0.05) is 37.6 Å². The second-order valence-corrected chi connectivity index (χ2v) is 7.42. The molecule has 0 fully saturated rings. The molecular formula is C24H30N4O. The van der Waals surface area contributed by atoms with E-state index in [-0.39, 0.29) is 0 Å². The number of aromatic nitrogens is 2. The Morgan fingerprint density at radius 2 is 1.79 bits per heavy atom. The van der Waals surface area contributed by atoms with E-state index in [1.807, 2.05) is 24.3 Å². The van der Waals surface area contributed by atoms with Crippen molar-refractivity contribution in [2.24, 2.45) is 0 Å². The molecule has 0 aliphatic heterocycles. The van der Waals surface area contributed by atoms with Gasteiger partial charge in [-0.05, 0) is 30.4 Å². The quantitative estimate of drug-likeness (QED) is 0.454. The van der Waals surface area contributed by atoms with Crippen molar-refractivity contribution in [1.82, 2.24) is 9.97 Å². The number of benzene rings is 2. The average Bonchev–Trinajstić information content (AvgIpc) is 2.73. The van der Waals surface area contributed by atoms with Gasteiger partial charge >= 0.3 is 0 Å². The highest BCUT2D eigenvalue weighted by Crippen LogP contribution is 2.31. The molecule has 0 aliphatic carbocycles. The van der Waals surface area contributed by atoms with Gasteiger partial charge < -0.3 is 15.4 Å². The van der Waals surface area contributed by atoms with Crippen LogP contribution in [0.1, 0.15) is 37.3 Å². The summed E-state index contributed by atoms with van der Waals surface area (Å²) in [4.78, 5) is 9.44. The molecule has 3 aromatic rings. The predicted molar refractivity (Wildman–Crippen MR) is 121 cm³/mol. The Morgan fingerprint density at radius 3 is 2.52 bits per heavy atom. The van der Waals surface area contributed by atoms with Crippen LogP contribution in [0, 0.1) is 6.92 Å². The van der Waals surface area contributed by atoms with Crippen LogP contribution in [-0.4, -0.2) is 30.2 Å². The summed E-state index contributed by atoms with van der Waals surface area (Å²) < 4.78 is 5.13. The molecule has 0 aliphatic rings. The lowest BCUT2D eigenvalue weighted by molar-refractivity contribution is 0.197. The number of anilines is 3. The zero-order valence-corrected chi connectivity index (χ0v) is 17.7. The van der Waals surface area contributed by atoms with E-state index in [4.69, 9.17) is 14.7 Å². The molecule has 3 rings (SSSR count). The Kier molecular flexibility index (Phi) is 7.19. The van der Waals surface area contributed by atoms with Crippen LogP contribution in [0.5, 0.6) is 0 Å². The molecule has 1 aromatic heterocycles. The Balaban J connectivity index is 1.95. The van der Waals surface area contributed by atoms with Crippen LogP contribution in [0.2, 0.25) is 0 Å². The number of ether oxygens (including phenoxy) is 1. The number of hydrogen-bond donors (Lipinski definition) is 2. The van der Waals surface area contributed by atoms with Gasteiger partial charge in [-0.1, -0.05) is 62.4 Å². The first-order valence-electron chi connectivity index (χ1n) is 10.1. The third-order valence-corrected chi connectivity index (χ3v) is 4.78. The Hall–Kier alpha value is -2.92. The SMILES string of the molecule is COCCCNc1nc(Nc2c(C)cccc2C(C)C)cc(-c2ccccc2)n1. The molecule has 5 nitrogen and oxygen atoms in total. The van der Waals surface area contributed by atoms with Crippen molar-refractivity contribution in [1.29, 1.82) is 0 Å². The largest absolute Gasteiger partial charge is 0.385 e. The van der Waals surface area contributed by atoms with Gasteiger partial charge in [0.25, 0.3) is 0 Å². The molecule has 2 N–H and O–H groups in total. The van der Waals surface area contributed by atoms with Crippen molar-refractivity contribution in [3.05, 3.63) is 65.7 Å². The number of methoxy groups -OCH3 is 1. The Labute approximate surface area is 173 Å². The standard InChI is InChI=1S/C24H30N4O/c1-17(2)20-13-8-10-18(3)23(20)27-22-16-21(19-11-6-5-7-12-19)26-24(28-22)25-14-9-15-29-4/h5-8,10-13,16-17H,9,14-15H2,1-4H3,(H2,25,26,27,28). The Bertz CT molecular complexity index is 925. The molecule has 0 radical (unpaired) electrons. The number of para-hydroxylation sites is 1. The topological polar surface area (TPSA) is 59.1 Å². The molecule has 0 unspecified atom stereocenters. The molecule has 0 saturated heterocycles. The molecule has 1 heterocycles. The van der Waals surface area contributed by atoms with E-state index in [1.54, 1.807) is 7.11 Å². The minimum atomic E-state index is 0.416. The Morgan fingerprint density at radius 1 is 1.00 bits per heavy atom. The smallest absolute Gasteiger partial charge is 0.225 e. The lowest BCUT2D eigenvalue weighted by atomic mass is 9.98. The number of nitrogens with one attached hydrogen (secondary N) is 2. The van der Waals surface area contributed by atoms with E-state index in [0.29, 0.717) is 18.5 Å². The van der Waals surface area contributed by atoms with Crippen LogP contribution >= 0.6 is 0 Å². The fourth-order valence-corrected chi connectivity index (χ4v) is 3.23. The fraction of sp³-hybridized carbons (Fsp3) is 0.333. The molecule has 5 heteroatoms. The highest BCUT2D eigenvalue weighted by Gasteiger charge is 2.12. The van der Waals surface area contributed by atoms with Gasteiger partial charge in [0.15, 0.2) is 0 Å². The molecule has 152 valence electrons. The summed E-state index contributed by atoms with van der Waals surface area (Å²) in [5.41, 5.74) is 5.54. The predicted octanol–water partition coefficient (Wildman–Crippen LogP) is 5.77. The molecule has 0 atom stereocenters. The normalized spacial score (nSPS) is 10.9. The van der Waals surface area contributed by atoms with Gasteiger partial charge in [0.2, 0.25) is 5.95 Å². The molecular weight excluding hydrogens is 360 g/mol. The highest BCUT2D eigenvalue weighted by atomic mass is 16.5. The van der Waals surface area contributed by atoms with Crippen molar-refractivity contribution < 1.29 is 4.74 Å². The third kappa shape index (κ3) is 5.55. The van der Waals surface area contributed by atoms with E-state index in [9.17, 15) is 0 Å². The van der Waals surface area contributed by atoms with E-state index >= 15 is 0 Å². The van der Waals surface area contributed by atoms with Gasteiger partial charge in [0.1, 0.15) is 5.82 Å². The zero-order valence-electron chi connectivity index (χ0n) is 17.7. The lowest BCUT2D eigenvalue weighted by Crippen LogP contribution is -2.10. The van der Waals surface area contributed by atoms with Crippen molar-refractivity contribution >= 4 is 17.5 Å². The van der Waals surface area contributed by atoms with E-state index in [0.717, 1.165) is 35.7 Å². The minimum Gasteiger partial charge on any atom is -0.385 e. The first-order valence-corrected chi connectivity index (χ1v) is 10.1. The van der Waals surface area contributed by atoms with Gasteiger partial charge in [-0.2, -0.15) is 4.98 Å². The van der Waals surface area contributed by atoms with Crippen molar-refractivity contribution in [3.8, 4) is 11.3 Å². The summed E-state index contributed by atoms with van der Waals surface area (Å²) in [5, 5.41) is 6.88. The first-order chi connectivity index (χ1) is 14.1. The maximum absolute atomic E-state index is 5.13. The maximum Gasteiger partial charge on any atom is 0.225 e. The second-order valence-electron chi connectivity index (χ2n) is 7.42. The average molecular weight is 391 g/mol. The second kappa shape index (κ2) is 10.0. The molecule has 2 aromatic carbocycles. The van der Waals surface area contributed by atoms with Crippen LogP contribution in [-0.2, 0) is 4.74 Å². The zero-order chi connectivity index (χ0) is 20.6. The third-order valence-electron chi connectivity index (χ3n) is 4.78. The minimum absolute atomic E-state index is 0.416. The van der Waals surface area contributed by atoms with Gasteiger partial charge in [-0.15, -0.1) is 0 Å². The lowest BCUT2D eigenvalue weighted by Gasteiger charge is -2.18. The van der Waals surface area contributed by atoms with Crippen LogP contribution in [0.25, 0.3) is 11.3 Å².